The fourth-order valence-corrected chi connectivity index (χ4v) is 1.98. The predicted octanol–water partition coefficient (Wildman–Crippen LogP) is 1.76. The molecule has 134 valence electrons. The van der Waals surface area contributed by atoms with Gasteiger partial charge in [0.05, 0.1) is 17.9 Å². The molecule has 0 heterocycles. The van der Waals surface area contributed by atoms with E-state index in [1.165, 1.54) is 0 Å². The standard InChI is InChI=1S/C17H21N3O4S/c1-4-24-15(22)10-9-14(21)20-17(25)19-13-8-6-5-7-12(13)16(23)18-11(2)3/h5-11H,4H2,1-3H3,(H,18,23)(H2,19,20,21,25). The first-order valence-corrected chi connectivity index (χ1v) is 8.11. The van der Waals surface area contributed by atoms with Crippen LogP contribution in [0, 0.1) is 0 Å². The molecule has 0 saturated carbocycles. The number of hydrogen-bond donors (Lipinski definition) is 3. The SMILES string of the molecule is CCOC(=O)C=CC(=O)NC(=S)Nc1ccccc1C(=O)NC(C)C. The summed E-state index contributed by atoms with van der Waals surface area (Å²) in [5, 5.41) is 7.97. The monoisotopic (exact) mass is 363 g/mol. The van der Waals surface area contributed by atoms with E-state index in [0.717, 1.165) is 12.2 Å². The number of nitrogens with one attached hydrogen (secondary N) is 3. The molecule has 0 unspecified atom stereocenters. The molecule has 8 heteroatoms. The van der Waals surface area contributed by atoms with Gasteiger partial charge in [-0.3, -0.25) is 14.9 Å². The second-order valence-electron chi connectivity index (χ2n) is 5.20. The largest absolute Gasteiger partial charge is 0.463 e. The van der Waals surface area contributed by atoms with Crippen LogP contribution in [0.3, 0.4) is 0 Å². The number of para-hydroxylation sites is 1. The summed E-state index contributed by atoms with van der Waals surface area (Å²) in [4.78, 5) is 35.0. The maximum Gasteiger partial charge on any atom is 0.330 e. The van der Waals surface area contributed by atoms with Crippen molar-refractivity contribution >= 4 is 40.8 Å². The number of rotatable bonds is 6. The van der Waals surface area contributed by atoms with Crippen molar-refractivity contribution in [3.63, 3.8) is 0 Å². The maximum atomic E-state index is 12.2. The fraction of sp³-hybridized carbons (Fsp3) is 0.294. The summed E-state index contributed by atoms with van der Waals surface area (Å²) in [5.74, 6) is -1.46. The molecule has 0 saturated heterocycles. The molecule has 0 radical (unpaired) electrons. The molecule has 0 aromatic heterocycles. The zero-order chi connectivity index (χ0) is 18.8. The Morgan fingerprint density at radius 1 is 1.20 bits per heavy atom. The van der Waals surface area contributed by atoms with Gasteiger partial charge in [0.1, 0.15) is 0 Å². The lowest BCUT2D eigenvalue weighted by Crippen LogP contribution is -2.35. The lowest BCUT2D eigenvalue weighted by Gasteiger charge is -2.14. The molecule has 0 aliphatic rings. The third-order valence-electron chi connectivity index (χ3n) is 2.73. The number of carbonyl (C=O) groups is 3. The topological polar surface area (TPSA) is 96.5 Å². The second-order valence-corrected chi connectivity index (χ2v) is 5.61. The van der Waals surface area contributed by atoms with Gasteiger partial charge in [-0.15, -0.1) is 0 Å². The second kappa shape index (κ2) is 10.2. The van der Waals surface area contributed by atoms with E-state index < -0.39 is 11.9 Å². The Morgan fingerprint density at radius 2 is 1.88 bits per heavy atom. The molecule has 25 heavy (non-hydrogen) atoms. The average molecular weight is 363 g/mol. The summed E-state index contributed by atoms with van der Waals surface area (Å²) >= 11 is 5.05. The zero-order valence-electron chi connectivity index (χ0n) is 14.3. The van der Waals surface area contributed by atoms with Crippen LogP contribution in [0.2, 0.25) is 0 Å². The lowest BCUT2D eigenvalue weighted by atomic mass is 10.1. The van der Waals surface area contributed by atoms with Crippen molar-refractivity contribution in [2.24, 2.45) is 0 Å². The van der Waals surface area contributed by atoms with Gasteiger partial charge in [-0.2, -0.15) is 0 Å². The van der Waals surface area contributed by atoms with E-state index in [2.05, 4.69) is 20.7 Å². The summed E-state index contributed by atoms with van der Waals surface area (Å²) < 4.78 is 4.67. The number of esters is 1. The Hall–Kier alpha value is -2.74. The highest BCUT2D eigenvalue weighted by Crippen LogP contribution is 2.15. The van der Waals surface area contributed by atoms with E-state index in [1.54, 1.807) is 31.2 Å². The molecular weight excluding hydrogens is 342 g/mol. The van der Waals surface area contributed by atoms with Gasteiger partial charge in [0, 0.05) is 18.2 Å². The van der Waals surface area contributed by atoms with E-state index in [9.17, 15) is 14.4 Å². The smallest absolute Gasteiger partial charge is 0.330 e. The Morgan fingerprint density at radius 3 is 2.52 bits per heavy atom. The Kier molecular flexibility index (Phi) is 8.28. The first kappa shape index (κ1) is 20.3. The van der Waals surface area contributed by atoms with Crippen LogP contribution in [-0.4, -0.2) is 35.5 Å². The molecule has 2 amide bonds. The van der Waals surface area contributed by atoms with Crippen molar-refractivity contribution in [2.45, 2.75) is 26.8 Å². The quantitative estimate of drug-likeness (QED) is 0.405. The number of anilines is 1. The molecular formula is C17H21N3O4S. The van der Waals surface area contributed by atoms with Gasteiger partial charge in [-0.1, -0.05) is 12.1 Å². The Bertz CT molecular complexity index is 686. The van der Waals surface area contributed by atoms with E-state index >= 15 is 0 Å². The Labute approximate surface area is 151 Å². The van der Waals surface area contributed by atoms with Crippen LogP contribution in [-0.2, 0) is 14.3 Å². The van der Waals surface area contributed by atoms with Crippen molar-refractivity contribution in [3.05, 3.63) is 42.0 Å². The molecule has 0 fully saturated rings. The van der Waals surface area contributed by atoms with Crippen LogP contribution in [0.15, 0.2) is 36.4 Å². The molecule has 1 aromatic carbocycles. The number of thiocarbonyl (C=S) groups is 1. The third-order valence-corrected chi connectivity index (χ3v) is 2.94. The predicted molar refractivity (Wildman–Crippen MR) is 99.2 cm³/mol. The number of carbonyl (C=O) groups excluding carboxylic acids is 3. The van der Waals surface area contributed by atoms with Crippen LogP contribution in [0.4, 0.5) is 5.69 Å². The molecule has 1 aromatic rings. The van der Waals surface area contributed by atoms with Gasteiger partial charge in [0.15, 0.2) is 5.11 Å². The van der Waals surface area contributed by atoms with Crippen LogP contribution in [0.1, 0.15) is 31.1 Å². The maximum absolute atomic E-state index is 12.2. The van der Waals surface area contributed by atoms with Crippen LogP contribution in [0.25, 0.3) is 0 Å². The fourth-order valence-electron chi connectivity index (χ4n) is 1.77. The van der Waals surface area contributed by atoms with E-state index in [0.29, 0.717) is 11.3 Å². The molecule has 3 N–H and O–H groups in total. The molecule has 1 rings (SSSR count). The number of amides is 2. The van der Waals surface area contributed by atoms with E-state index in [4.69, 9.17) is 12.2 Å². The normalized spacial score (nSPS) is 10.4. The van der Waals surface area contributed by atoms with Gasteiger partial charge in [-0.05, 0) is 45.1 Å². The van der Waals surface area contributed by atoms with E-state index in [1.807, 2.05) is 13.8 Å². The number of benzene rings is 1. The first-order valence-electron chi connectivity index (χ1n) is 7.70. The number of hydrogen-bond acceptors (Lipinski definition) is 5. The lowest BCUT2D eigenvalue weighted by molar-refractivity contribution is -0.137. The first-order chi connectivity index (χ1) is 11.8. The van der Waals surface area contributed by atoms with Crippen molar-refractivity contribution in [1.29, 1.82) is 0 Å². The van der Waals surface area contributed by atoms with Gasteiger partial charge < -0.3 is 15.4 Å². The molecule has 0 atom stereocenters. The molecule has 7 nitrogen and oxygen atoms in total. The third kappa shape index (κ3) is 7.58. The molecule has 0 aliphatic heterocycles. The van der Waals surface area contributed by atoms with Crippen LogP contribution < -0.4 is 16.0 Å². The highest BCUT2D eigenvalue weighted by molar-refractivity contribution is 7.80. The summed E-state index contributed by atoms with van der Waals surface area (Å²) in [6.07, 6.45) is 2.02. The van der Waals surface area contributed by atoms with Crippen molar-refractivity contribution in [3.8, 4) is 0 Å². The molecule has 0 aliphatic carbocycles. The van der Waals surface area contributed by atoms with Crippen LogP contribution in [0.5, 0.6) is 0 Å². The van der Waals surface area contributed by atoms with Crippen molar-refractivity contribution in [1.82, 2.24) is 10.6 Å². The van der Waals surface area contributed by atoms with Gasteiger partial charge in [0.25, 0.3) is 5.91 Å². The minimum absolute atomic E-state index is 0.00306. The van der Waals surface area contributed by atoms with E-state index in [-0.39, 0.29) is 23.7 Å². The van der Waals surface area contributed by atoms with Gasteiger partial charge in [-0.25, -0.2) is 4.79 Å². The highest BCUT2D eigenvalue weighted by atomic mass is 32.1. The average Bonchev–Trinajstić information content (AvgIpc) is 2.53. The van der Waals surface area contributed by atoms with Crippen molar-refractivity contribution in [2.75, 3.05) is 11.9 Å². The molecule has 0 spiro atoms. The molecule has 0 bridgehead atoms. The van der Waals surface area contributed by atoms with Gasteiger partial charge in [0.2, 0.25) is 5.91 Å². The van der Waals surface area contributed by atoms with Crippen molar-refractivity contribution < 1.29 is 19.1 Å². The minimum atomic E-state index is -0.618. The number of ether oxygens (including phenoxy) is 1. The summed E-state index contributed by atoms with van der Waals surface area (Å²) in [6.45, 7) is 5.60. The summed E-state index contributed by atoms with van der Waals surface area (Å²) in [7, 11) is 0. The van der Waals surface area contributed by atoms with Gasteiger partial charge >= 0.3 is 5.97 Å². The highest BCUT2D eigenvalue weighted by Gasteiger charge is 2.13. The summed E-state index contributed by atoms with van der Waals surface area (Å²) in [5.41, 5.74) is 0.857. The Balaban J connectivity index is 2.70. The van der Waals surface area contributed by atoms with Crippen LogP contribution >= 0.6 is 12.2 Å². The minimum Gasteiger partial charge on any atom is -0.463 e. The summed E-state index contributed by atoms with van der Waals surface area (Å²) in [6, 6.07) is 6.76. The zero-order valence-corrected chi connectivity index (χ0v) is 15.1.